The molecule has 2 aromatic carbocycles. The Balaban J connectivity index is 1.52. The van der Waals surface area contributed by atoms with Gasteiger partial charge < -0.3 is 19.9 Å². The molecule has 1 aromatic heterocycles. The molecular weight excluding hydrogens is 529 g/mol. The van der Waals surface area contributed by atoms with Gasteiger partial charge in [-0.3, -0.25) is 9.69 Å². The van der Waals surface area contributed by atoms with E-state index in [9.17, 15) is 22.8 Å². The summed E-state index contributed by atoms with van der Waals surface area (Å²) >= 11 is 1.53. The van der Waals surface area contributed by atoms with Crippen LogP contribution in [-0.2, 0) is 22.6 Å². The molecule has 3 aromatic rings. The van der Waals surface area contributed by atoms with Crippen molar-refractivity contribution in [2.75, 3.05) is 51.3 Å². The number of ether oxygens (including phenoxy) is 1. The van der Waals surface area contributed by atoms with Crippen LogP contribution in [0.5, 0.6) is 0 Å². The van der Waals surface area contributed by atoms with Crippen molar-refractivity contribution in [3.63, 3.8) is 0 Å². The second-order valence-corrected chi connectivity index (χ2v) is 10.3. The maximum atomic E-state index is 14.3. The van der Waals surface area contributed by atoms with Crippen LogP contribution in [0.4, 0.5) is 23.7 Å². The number of aryl methyl sites for hydroxylation is 1. The second-order valence-electron chi connectivity index (χ2n) is 9.33. The van der Waals surface area contributed by atoms with Crippen LogP contribution in [0.25, 0.3) is 0 Å². The Bertz CT molecular complexity index is 1270. The predicted octanol–water partition coefficient (Wildman–Crippen LogP) is 4.87. The summed E-state index contributed by atoms with van der Waals surface area (Å²) in [5.74, 6) is -2.35. The average Bonchev–Trinajstić information content (AvgIpc) is 3.33. The third kappa shape index (κ3) is 8.29. The Morgan fingerprint density at radius 1 is 0.974 bits per heavy atom. The summed E-state index contributed by atoms with van der Waals surface area (Å²) in [6.45, 7) is 5.52. The summed E-state index contributed by atoms with van der Waals surface area (Å²) in [4.78, 5) is 33.0. The second kappa shape index (κ2) is 13.6. The molecule has 4 rings (SSSR count). The third-order valence-electron chi connectivity index (χ3n) is 6.52. The molecule has 208 valence electrons. The standard InChI is InChI=1S/C28H31F3N4O3S/c1-20-8-15-39-26(20)18-35(17-21-2-4-22(29)5-3-21)27(36)19-34(10-9-33-11-13-38-14-12-33)28(37)32-25-7-6-23(30)16-24(25)31/h2-8,15-16H,9-14,17-19H2,1H3,(H,32,37). The molecular formula is C28H31F3N4O3S. The Hall–Kier alpha value is -3.41. The number of thiophene rings is 1. The number of urea groups is 1. The largest absolute Gasteiger partial charge is 0.379 e. The monoisotopic (exact) mass is 560 g/mol. The number of hydrogen-bond donors (Lipinski definition) is 1. The minimum absolute atomic E-state index is 0.178. The van der Waals surface area contributed by atoms with Gasteiger partial charge in [-0.1, -0.05) is 12.1 Å². The summed E-state index contributed by atoms with van der Waals surface area (Å²) in [5, 5.41) is 4.42. The lowest BCUT2D eigenvalue weighted by Crippen LogP contribution is -2.48. The Morgan fingerprint density at radius 3 is 2.36 bits per heavy atom. The summed E-state index contributed by atoms with van der Waals surface area (Å²) in [6.07, 6.45) is 0. The van der Waals surface area contributed by atoms with E-state index in [1.165, 1.54) is 28.4 Å². The number of nitrogens with zero attached hydrogens (tertiary/aromatic N) is 3. The molecule has 1 fully saturated rings. The van der Waals surface area contributed by atoms with Gasteiger partial charge in [0.15, 0.2) is 0 Å². The number of hydrogen-bond acceptors (Lipinski definition) is 5. The fourth-order valence-corrected chi connectivity index (χ4v) is 5.09. The number of halogens is 3. The number of morpholine rings is 1. The smallest absolute Gasteiger partial charge is 0.322 e. The molecule has 0 atom stereocenters. The minimum atomic E-state index is -0.908. The molecule has 0 aliphatic carbocycles. The Labute approximate surface area is 229 Å². The van der Waals surface area contributed by atoms with Crippen LogP contribution >= 0.6 is 11.3 Å². The van der Waals surface area contributed by atoms with Crippen LogP contribution in [-0.4, -0.2) is 72.6 Å². The molecule has 0 spiro atoms. The van der Waals surface area contributed by atoms with Crippen molar-refractivity contribution in [2.24, 2.45) is 0 Å². The van der Waals surface area contributed by atoms with E-state index in [4.69, 9.17) is 4.74 Å². The van der Waals surface area contributed by atoms with E-state index in [1.54, 1.807) is 17.0 Å². The zero-order valence-electron chi connectivity index (χ0n) is 21.7. The van der Waals surface area contributed by atoms with E-state index in [-0.39, 0.29) is 37.0 Å². The van der Waals surface area contributed by atoms with E-state index in [0.717, 1.165) is 28.1 Å². The molecule has 1 aliphatic heterocycles. The number of rotatable bonds is 10. The van der Waals surface area contributed by atoms with Crippen molar-refractivity contribution >= 4 is 29.0 Å². The van der Waals surface area contributed by atoms with Crippen LogP contribution in [0, 0.1) is 24.4 Å². The molecule has 0 unspecified atom stereocenters. The fourth-order valence-electron chi connectivity index (χ4n) is 4.17. The molecule has 1 aliphatic rings. The van der Waals surface area contributed by atoms with E-state index in [0.29, 0.717) is 45.5 Å². The van der Waals surface area contributed by atoms with E-state index >= 15 is 0 Å². The molecule has 1 saturated heterocycles. The topological polar surface area (TPSA) is 65.1 Å². The minimum Gasteiger partial charge on any atom is -0.379 e. The molecule has 7 nitrogen and oxygen atoms in total. The lowest BCUT2D eigenvalue weighted by Gasteiger charge is -2.31. The van der Waals surface area contributed by atoms with Gasteiger partial charge in [0, 0.05) is 43.7 Å². The first kappa shape index (κ1) is 28.6. The zero-order valence-corrected chi connectivity index (χ0v) is 22.5. The van der Waals surface area contributed by atoms with Crippen molar-refractivity contribution in [3.05, 3.63) is 87.4 Å². The van der Waals surface area contributed by atoms with Gasteiger partial charge in [-0.25, -0.2) is 18.0 Å². The number of anilines is 1. The van der Waals surface area contributed by atoms with Gasteiger partial charge in [0.2, 0.25) is 5.91 Å². The highest BCUT2D eigenvalue weighted by Crippen LogP contribution is 2.20. The van der Waals surface area contributed by atoms with Gasteiger partial charge >= 0.3 is 6.03 Å². The van der Waals surface area contributed by atoms with Crippen LogP contribution in [0.15, 0.2) is 53.9 Å². The first-order valence-electron chi connectivity index (χ1n) is 12.6. The predicted molar refractivity (Wildman–Crippen MR) is 144 cm³/mol. The van der Waals surface area contributed by atoms with Gasteiger partial charge in [-0.15, -0.1) is 11.3 Å². The van der Waals surface area contributed by atoms with E-state index in [1.807, 2.05) is 18.4 Å². The Kier molecular flexibility index (Phi) is 9.96. The summed E-state index contributed by atoms with van der Waals surface area (Å²) < 4.78 is 46.5. The number of amides is 3. The first-order chi connectivity index (χ1) is 18.8. The molecule has 0 saturated carbocycles. The van der Waals surface area contributed by atoms with Crippen molar-refractivity contribution in [1.29, 1.82) is 0 Å². The van der Waals surface area contributed by atoms with Crippen molar-refractivity contribution in [2.45, 2.75) is 20.0 Å². The van der Waals surface area contributed by atoms with Gasteiger partial charge in [-0.05, 0) is 53.8 Å². The summed E-state index contributed by atoms with van der Waals surface area (Å²) in [5.41, 5.74) is 1.62. The molecule has 0 bridgehead atoms. The lowest BCUT2D eigenvalue weighted by atomic mass is 10.2. The number of carbonyl (C=O) groups is 2. The highest BCUT2D eigenvalue weighted by molar-refractivity contribution is 7.10. The number of carbonyl (C=O) groups excluding carboxylic acids is 2. The summed E-state index contributed by atoms with van der Waals surface area (Å²) in [6, 6.07) is 10.1. The van der Waals surface area contributed by atoms with Crippen LogP contribution in [0.1, 0.15) is 16.0 Å². The number of benzene rings is 2. The Morgan fingerprint density at radius 2 is 1.69 bits per heavy atom. The molecule has 0 radical (unpaired) electrons. The summed E-state index contributed by atoms with van der Waals surface area (Å²) in [7, 11) is 0. The van der Waals surface area contributed by atoms with Gasteiger partial charge in [0.1, 0.15) is 24.0 Å². The quantitative estimate of drug-likeness (QED) is 0.385. The fraction of sp³-hybridized carbons (Fsp3) is 0.357. The average molecular weight is 561 g/mol. The van der Waals surface area contributed by atoms with Crippen molar-refractivity contribution in [3.8, 4) is 0 Å². The van der Waals surface area contributed by atoms with Crippen LogP contribution < -0.4 is 5.32 Å². The molecule has 2 heterocycles. The van der Waals surface area contributed by atoms with Crippen molar-refractivity contribution in [1.82, 2.24) is 14.7 Å². The normalized spacial score (nSPS) is 13.7. The van der Waals surface area contributed by atoms with Crippen molar-refractivity contribution < 1.29 is 27.5 Å². The molecule has 11 heteroatoms. The highest BCUT2D eigenvalue weighted by atomic mass is 32.1. The molecule has 3 amide bonds. The van der Waals surface area contributed by atoms with E-state index in [2.05, 4.69) is 10.2 Å². The number of nitrogens with one attached hydrogen (secondary N) is 1. The van der Waals surface area contributed by atoms with Gasteiger partial charge in [-0.2, -0.15) is 0 Å². The van der Waals surface area contributed by atoms with Gasteiger partial charge in [0.25, 0.3) is 0 Å². The highest BCUT2D eigenvalue weighted by Gasteiger charge is 2.24. The first-order valence-corrected chi connectivity index (χ1v) is 13.5. The lowest BCUT2D eigenvalue weighted by molar-refractivity contribution is -0.133. The van der Waals surface area contributed by atoms with E-state index < -0.39 is 17.7 Å². The van der Waals surface area contributed by atoms with Crippen LogP contribution in [0.2, 0.25) is 0 Å². The maximum absolute atomic E-state index is 14.3. The van der Waals surface area contributed by atoms with Crippen LogP contribution in [0.3, 0.4) is 0 Å². The zero-order chi connectivity index (χ0) is 27.8. The van der Waals surface area contributed by atoms with Gasteiger partial charge in [0.05, 0.1) is 25.4 Å². The molecule has 39 heavy (non-hydrogen) atoms. The third-order valence-corrected chi connectivity index (χ3v) is 7.53. The maximum Gasteiger partial charge on any atom is 0.322 e. The SMILES string of the molecule is Cc1ccsc1CN(Cc1ccc(F)cc1)C(=O)CN(CCN1CCOCC1)C(=O)Nc1ccc(F)cc1F. The molecule has 1 N–H and O–H groups in total.